The van der Waals surface area contributed by atoms with Gasteiger partial charge in [-0.05, 0) is 19.1 Å². The number of nitrogens with two attached hydrogens (primary N) is 1. The topological polar surface area (TPSA) is 75.4 Å². The van der Waals surface area contributed by atoms with Crippen molar-refractivity contribution in [3.05, 3.63) is 17.8 Å². The molecule has 1 aromatic rings. The lowest BCUT2D eigenvalue weighted by Gasteiger charge is -2.37. The highest BCUT2D eigenvalue weighted by atomic mass is 19.4. The van der Waals surface area contributed by atoms with Gasteiger partial charge in [-0.2, -0.15) is 13.2 Å². The molecule has 9 heteroatoms. The van der Waals surface area contributed by atoms with Gasteiger partial charge < -0.3 is 10.6 Å². The number of nitrogens with zero attached hydrogens (tertiary/aromatic N) is 4. The molecule has 2 rings (SSSR count). The first-order valence-electron chi connectivity index (χ1n) is 6.48. The van der Waals surface area contributed by atoms with Crippen LogP contribution in [0.25, 0.3) is 0 Å². The first kappa shape index (κ1) is 15.5. The van der Waals surface area contributed by atoms with Crippen LogP contribution in [0.5, 0.6) is 0 Å². The van der Waals surface area contributed by atoms with E-state index >= 15 is 0 Å². The minimum Gasteiger partial charge on any atom is -0.368 e. The fourth-order valence-corrected chi connectivity index (χ4v) is 2.16. The van der Waals surface area contributed by atoms with E-state index in [4.69, 9.17) is 5.73 Å². The summed E-state index contributed by atoms with van der Waals surface area (Å²) < 4.78 is 37.2. The summed E-state index contributed by atoms with van der Waals surface area (Å²) in [4.78, 5) is 14.9. The number of alkyl halides is 3. The summed E-state index contributed by atoms with van der Waals surface area (Å²) in [5.41, 5.74) is 4.24. The Balaban J connectivity index is 1.98. The zero-order valence-corrected chi connectivity index (χ0v) is 11.5. The second-order valence-electron chi connectivity index (χ2n) is 4.88. The van der Waals surface area contributed by atoms with E-state index in [1.807, 2.05) is 9.80 Å². The molecular formula is C12H16F3N5O. The molecule has 0 saturated carbocycles. The predicted octanol–water partition coefficient (Wildman–Crippen LogP) is 0.491. The molecule has 1 aromatic heterocycles. The van der Waals surface area contributed by atoms with Crippen molar-refractivity contribution in [3.63, 3.8) is 0 Å². The predicted molar refractivity (Wildman–Crippen MR) is 69.5 cm³/mol. The van der Waals surface area contributed by atoms with Gasteiger partial charge in [0.1, 0.15) is 0 Å². The van der Waals surface area contributed by atoms with Crippen molar-refractivity contribution in [3.8, 4) is 0 Å². The smallest absolute Gasteiger partial charge is 0.368 e. The molecule has 6 nitrogen and oxygen atoms in total. The van der Waals surface area contributed by atoms with Crippen LogP contribution >= 0.6 is 0 Å². The molecule has 1 saturated heterocycles. The Hall–Kier alpha value is -1.90. The molecule has 1 aliphatic rings. The van der Waals surface area contributed by atoms with Gasteiger partial charge in [0, 0.05) is 26.2 Å². The number of hydrogen-bond acceptors (Lipinski definition) is 5. The first-order valence-corrected chi connectivity index (χ1v) is 6.48. The Morgan fingerprint density at radius 1 is 1.24 bits per heavy atom. The van der Waals surface area contributed by atoms with E-state index in [1.165, 1.54) is 6.07 Å². The molecule has 2 N–H and O–H groups in total. The molecule has 1 aliphatic heterocycles. The van der Waals surface area contributed by atoms with Crippen molar-refractivity contribution in [2.45, 2.75) is 19.1 Å². The van der Waals surface area contributed by atoms with Crippen LogP contribution in [0.1, 0.15) is 12.6 Å². The van der Waals surface area contributed by atoms with Crippen LogP contribution in [0.3, 0.4) is 0 Å². The number of amides is 1. The van der Waals surface area contributed by atoms with Gasteiger partial charge >= 0.3 is 6.18 Å². The number of halogens is 3. The molecule has 21 heavy (non-hydrogen) atoms. The Morgan fingerprint density at radius 2 is 1.86 bits per heavy atom. The highest BCUT2D eigenvalue weighted by molar-refractivity contribution is 5.79. The maximum Gasteiger partial charge on any atom is 0.435 e. The van der Waals surface area contributed by atoms with E-state index in [1.54, 1.807) is 6.92 Å². The van der Waals surface area contributed by atoms with E-state index < -0.39 is 17.8 Å². The molecule has 0 spiro atoms. The van der Waals surface area contributed by atoms with Gasteiger partial charge in [0.05, 0.1) is 6.04 Å². The number of anilines is 1. The number of aromatic nitrogens is 2. The molecule has 1 amide bonds. The molecule has 116 valence electrons. The summed E-state index contributed by atoms with van der Waals surface area (Å²) in [6, 6.07) is 1.87. The van der Waals surface area contributed by atoms with E-state index in [0.29, 0.717) is 32.0 Å². The van der Waals surface area contributed by atoms with E-state index in [0.717, 1.165) is 6.07 Å². The Kier molecular flexibility index (Phi) is 4.31. The van der Waals surface area contributed by atoms with Gasteiger partial charge in [0.15, 0.2) is 11.5 Å². The molecule has 0 radical (unpaired) electrons. The van der Waals surface area contributed by atoms with E-state index in [-0.39, 0.29) is 6.04 Å². The van der Waals surface area contributed by atoms with E-state index in [2.05, 4.69) is 10.2 Å². The molecule has 0 aliphatic carbocycles. The fraction of sp³-hybridized carbons (Fsp3) is 0.583. The maximum absolute atomic E-state index is 12.4. The van der Waals surface area contributed by atoms with Crippen LogP contribution in [0, 0.1) is 0 Å². The molecule has 1 fully saturated rings. The normalized spacial score (nSPS) is 18.6. The summed E-state index contributed by atoms with van der Waals surface area (Å²) in [7, 11) is 0. The van der Waals surface area contributed by atoms with Crippen molar-refractivity contribution in [2.75, 3.05) is 31.1 Å². The SMILES string of the molecule is CC(C(N)=O)N1CCN(c2ccc(C(F)(F)F)nn2)CC1. The second-order valence-corrected chi connectivity index (χ2v) is 4.88. The van der Waals surface area contributed by atoms with Crippen LogP contribution in [0.2, 0.25) is 0 Å². The molecular weight excluding hydrogens is 287 g/mol. The highest BCUT2D eigenvalue weighted by Gasteiger charge is 2.33. The third-order valence-corrected chi connectivity index (χ3v) is 3.54. The van der Waals surface area contributed by atoms with Crippen LogP contribution in [-0.2, 0) is 11.0 Å². The zero-order valence-electron chi connectivity index (χ0n) is 11.5. The number of rotatable bonds is 3. The van der Waals surface area contributed by atoms with Crippen molar-refractivity contribution in [2.24, 2.45) is 5.73 Å². The minimum atomic E-state index is -4.48. The van der Waals surface area contributed by atoms with Crippen molar-refractivity contribution >= 4 is 11.7 Å². The highest BCUT2D eigenvalue weighted by Crippen LogP contribution is 2.27. The van der Waals surface area contributed by atoms with Gasteiger partial charge in [-0.25, -0.2) is 0 Å². The van der Waals surface area contributed by atoms with Crippen LogP contribution < -0.4 is 10.6 Å². The Labute approximate surface area is 119 Å². The summed E-state index contributed by atoms with van der Waals surface area (Å²) in [6.07, 6.45) is -4.48. The molecule has 1 atom stereocenters. The van der Waals surface area contributed by atoms with Gasteiger partial charge in [-0.3, -0.25) is 9.69 Å². The molecule has 0 bridgehead atoms. The first-order chi connectivity index (χ1) is 9.79. The lowest BCUT2D eigenvalue weighted by molar-refractivity contribution is -0.141. The van der Waals surface area contributed by atoms with Crippen LogP contribution in [0.15, 0.2) is 12.1 Å². The summed E-state index contributed by atoms with van der Waals surface area (Å²) >= 11 is 0. The van der Waals surface area contributed by atoms with Crippen molar-refractivity contribution in [1.82, 2.24) is 15.1 Å². The average molecular weight is 303 g/mol. The quantitative estimate of drug-likeness (QED) is 0.879. The van der Waals surface area contributed by atoms with Gasteiger partial charge in [0.2, 0.25) is 5.91 Å². The largest absolute Gasteiger partial charge is 0.435 e. The van der Waals surface area contributed by atoms with Gasteiger partial charge in [0.25, 0.3) is 0 Å². The fourth-order valence-electron chi connectivity index (χ4n) is 2.16. The molecule has 0 aromatic carbocycles. The monoisotopic (exact) mass is 303 g/mol. The number of primary amides is 1. The molecule has 2 heterocycles. The number of hydrogen-bond donors (Lipinski definition) is 1. The zero-order chi connectivity index (χ0) is 15.6. The average Bonchev–Trinajstić information content (AvgIpc) is 2.46. The summed E-state index contributed by atoms with van der Waals surface area (Å²) in [6.45, 7) is 4.02. The Bertz CT molecular complexity index is 497. The van der Waals surface area contributed by atoms with Crippen molar-refractivity contribution in [1.29, 1.82) is 0 Å². The molecule has 1 unspecified atom stereocenters. The number of piperazine rings is 1. The maximum atomic E-state index is 12.4. The minimum absolute atomic E-state index is 0.356. The summed E-state index contributed by atoms with van der Waals surface area (Å²) in [5.74, 6) is 0.00662. The van der Waals surface area contributed by atoms with Crippen LogP contribution in [0.4, 0.5) is 19.0 Å². The lowest BCUT2D eigenvalue weighted by atomic mass is 10.2. The lowest BCUT2D eigenvalue weighted by Crippen LogP contribution is -2.53. The van der Waals surface area contributed by atoms with Crippen LogP contribution in [-0.4, -0.2) is 53.2 Å². The second kappa shape index (κ2) is 5.84. The van der Waals surface area contributed by atoms with Gasteiger partial charge in [-0.1, -0.05) is 0 Å². The summed E-state index contributed by atoms with van der Waals surface area (Å²) in [5, 5.41) is 6.82. The van der Waals surface area contributed by atoms with E-state index in [9.17, 15) is 18.0 Å². The number of carbonyl (C=O) groups is 1. The van der Waals surface area contributed by atoms with Crippen molar-refractivity contribution < 1.29 is 18.0 Å². The van der Waals surface area contributed by atoms with Gasteiger partial charge in [-0.15, -0.1) is 10.2 Å². The Morgan fingerprint density at radius 3 is 2.29 bits per heavy atom. The third kappa shape index (κ3) is 3.60. The third-order valence-electron chi connectivity index (χ3n) is 3.54. The number of carbonyl (C=O) groups excluding carboxylic acids is 1. The standard InChI is InChI=1S/C12H16F3N5O/c1-8(11(16)21)19-4-6-20(7-5-19)10-3-2-9(17-18-10)12(13,14)15/h2-3,8H,4-7H2,1H3,(H2,16,21).